The molecular weight excluding hydrogens is 252 g/mol. The molecule has 0 radical (unpaired) electrons. The molecule has 3 N–H and O–H groups in total. The SMILES string of the molecule is Cc1c(C(=O)NCC(C)C(C)(C)C)cnn1CCCN. The van der Waals surface area contributed by atoms with Gasteiger partial charge in [-0.3, -0.25) is 9.48 Å². The lowest BCUT2D eigenvalue weighted by Crippen LogP contribution is -2.33. The van der Waals surface area contributed by atoms with E-state index in [2.05, 4.69) is 38.1 Å². The van der Waals surface area contributed by atoms with Crippen LogP contribution in [0.15, 0.2) is 6.20 Å². The molecule has 5 nitrogen and oxygen atoms in total. The smallest absolute Gasteiger partial charge is 0.254 e. The minimum absolute atomic E-state index is 0.0439. The third-order valence-corrected chi connectivity index (χ3v) is 3.97. The summed E-state index contributed by atoms with van der Waals surface area (Å²) in [6, 6.07) is 0. The Morgan fingerprint density at radius 1 is 1.50 bits per heavy atom. The van der Waals surface area contributed by atoms with Crippen LogP contribution in [0.1, 0.15) is 50.2 Å². The fourth-order valence-electron chi connectivity index (χ4n) is 1.78. The van der Waals surface area contributed by atoms with Crippen molar-refractivity contribution in [2.45, 2.75) is 47.6 Å². The molecule has 0 aromatic carbocycles. The van der Waals surface area contributed by atoms with Crippen molar-refractivity contribution in [2.75, 3.05) is 13.1 Å². The van der Waals surface area contributed by atoms with E-state index in [9.17, 15) is 4.79 Å². The highest BCUT2D eigenvalue weighted by Gasteiger charge is 2.21. The van der Waals surface area contributed by atoms with Crippen molar-refractivity contribution in [1.29, 1.82) is 0 Å². The normalized spacial score (nSPS) is 13.3. The van der Waals surface area contributed by atoms with Gasteiger partial charge in [-0.25, -0.2) is 0 Å². The van der Waals surface area contributed by atoms with Gasteiger partial charge < -0.3 is 11.1 Å². The summed E-state index contributed by atoms with van der Waals surface area (Å²) in [5, 5.41) is 7.25. The molecule has 0 aliphatic carbocycles. The molecule has 0 aliphatic heterocycles. The number of carbonyl (C=O) groups excluding carboxylic acids is 1. The van der Waals surface area contributed by atoms with Crippen molar-refractivity contribution < 1.29 is 4.79 Å². The molecule has 1 heterocycles. The van der Waals surface area contributed by atoms with Gasteiger partial charge in [0.1, 0.15) is 0 Å². The van der Waals surface area contributed by atoms with Crippen LogP contribution in [-0.2, 0) is 6.54 Å². The average Bonchev–Trinajstić information content (AvgIpc) is 2.73. The van der Waals surface area contributed by atoms with E-state index in [1.54, 1.807) is 6.20 Å². The minimum atomic E-state index is -0.0439. The number of hydrogen-bond acceptors (Lipinski definition) is 3. The van der Waals surface area contributed by atoms with E-state index in [0.29, 0.717) is 24.6 Å². The maximum atomic E-state index is 12.2. The van der Waals surface area contributed by atoms with Crippen LogP contribution in [0.4, 0.5) is 0 Å². The van der Waals surface area contributed by atoms with Gasteiger partial charge in [-0.15, -0.1) is 0 Å². The molecule has 0 spiro atoms. The molecule has 0 aliphatic rings. The monoisotopic (exact) mass is 280 g/mol. The van der Waals surface area contributed by atoms with E-state index in [4.69, 9.17) is 5.73 Å². The number of amides is 1. The molecule has 20 heavy (non-hydrogen) atoms. The third kappa shape index (κ3) is 4.34. The Labute approximate surface area is 121 Å². The van der Waals surface area contributed by atoms with Crippen LogP contribution in [0.3, 0.4) is 0 Å². The second-order valence-electron chi connectivity index (χ2n) is 6.49. The highest BCUT2D eigenvalue weighted by molar-refractivity contribution is 5.95. The van der Waals surface area contributed by atoms with Gasteiger partial charge in [0.05, 0.1) is 11.8 Å². The van der Waals surface area contributed by atoms with Crippen LogP contribution < -0.4 is 11.1 Å². The topological polar surface area (TPSA) is 72.9 Å². The van der Waals surface area contributed by atoms with Crippen LogP contribution >= 0.6 is 0 Å². The lowest BCUT2D eigenvalue weighted by Gasteiger charge is -2.27. The van der Waals surface area contributed by atoms with Gasteiger partial charge in [0, 0.05) is 18.8 Å². The van der Waals surface area contributed by atoms with Crippen LogP contribution in [0.2, 0.25) is 0 Å². The minimum Gasteiger partial charge on any atom is -0.352 e. The van der Waals surface area contributed by atoms with Gasteiger partial charge in [-0.05, 0) is 31.2 Å². The average molecular weight is 280 g/mol. The number of aryl methyl sites for hydroxylation is 1. The van der Waals surface area contributed by atoms with Gasteiger partial charge in [-0.2, -0.15) is 5.10 Å². The summed E-state index contributed by atoms with van der Waals surface area (Å²) >= 11 is 0. The molecule has 1 aromatic rings. The molecule has 1 aromatic heterocycles. The Hall–Kier alpha value is -1.36. The molecular formula is C15H28N4O. The summed E-state index contributed by atoms with van der Waals surface area (Å²) in [6.45, 7) is 12.7. The molecule has 0 saturated carbocycles. The summed E-state index contributed by atoms with van der Waals surface area (Å²) < 4.78 is 1.84. The molecule has 1 rings (SSSR count). The van der Waals surface area contributed by atoms with E-state index >= 15 is 0 Å². The van der Waals surface area contributed by atoms with Crippen LogP contribution in [0, 0.1) is 18.3 Å². The largest absolute Gasteiger partial charge is 0.352 e. The highest BCUT2D eigenvalue weighted by Crippen LogP contribution is 2.24. The molecule has 1 amide bonds. The van der Waals surface area contributed by atoms with Crippen molar-refractivity contribution in [2.24, 2.45) is 17.1 Å². The van der Waals surface area contributed by atoms with Crippen LogP contribution in [0.25, 0.3) is 0 Å². The van der Waals surface area contributed by atoms with Crippen LogP contribution in [-0.4, -0.2) is 28.8 Å². The highest BCUT2D eigenvalue weighted by atomic mass is 16.1. The quantitative estimate of drug-likeness (QED) is 0.836. The lowest BCUT2D eigenvalue weighted by molar-refractivity contribution is 0.0936. The zero-order valence-corrected chi connectivity index (χ0v) is 13.4. The summed E-state index contributed by atoms with van der Waals surface area (Å²) in [6.07, 6.45) is 2.51. The fraction of sp³-hybridized carbons (Fsp3) is 0.733. The maximum Gasteiger partial charge on any atom is 0.254 e. The van der Waals surface area contributed by atoms with Gasteiger partial charge in [0.2, 0.25) is 0 Å². The zero-order valence-electron chi connectivity index (χ0n) is 13.4. The van der Waals surface area contributed by atoms with E-state index in [0.717, 1.165) is 18.7 Å². The first-order valence-corrected chi connectivity index (χ1v) is 7.28. The molecule has 1 unspecified atom stereocenters. The summed E-state index contributed by atoms with van der Waals surface area (Å²) in [7, 11) is 0. The first-order chi connectivity index (χ1) is 9.27. The Morgan fingerprint density at radius 2 is 2.15 bits per heavy atom. The molecule has 1 atom stereocenters. The van der Waals surface area contributed by atoms with Crippen molar-refractivity contribution in [3.63, 3.8) is 0 Å². The standard InChI is InChI=1S/C15H28N4O/c1-11(15(3,4)5)9-17-14(20)13-10-18-19(12(13)2)8-6-7-16/h10-11H,6-9,16H2,1-5H3,(H,17,20). The number of rotatable bonds is 6. The first kappa shape index (κ1) is 16.7. The number of nitrogens with two attached hydrogens (primary N) is 1. The van der Waals surface area contributed by atoms with Gasteiger partial charge in [0.15, 0.2) is 0 Å². The number of nitrogens with zero attached hydrogens (tertiary/aromatic N) is 2. The molecule has 0 saturated heterocycles. The van der Waals surface area contributed by atoms with E-state index in [-0.39, 0.29) is 11.3 Å². The molecule has 5 heteroatoms. The van der Waals surface area contributed by atoms with E-state index in [1.165, 1.54) is 0 Å². The number of carbonyl (C=O) groups is 1. The van der Waals surface area contributed by atoms with Crippen molar-refractivity contribution in [3.05, 3.63) is 17.5 Å². The number of aromatic nitrogens is 2. The Bertz CT molecular complexity index is 445. The van der Waals surface area contributed by atoms with Crippen molar-refractivity contribution in [3.8, 4) is 0 Å². The maximum absolute atomic E-state index is 12.2. The summed E-state index contributed by atoms with van der Waals surface area (Å²) in [5.41, 5.74) is 7.24. The number of nitrogens with one attached hydrogen (secondary N) is 1. The predicted molar refractivity (Wildman–Crippen MR) is 81.6 cm³/mol. The second kappa shape index (κ2) is 6.88. The van der Waals surface area contributed by atoms with Gasteiger partial charge >= 0.3 is 0 Å². The summed E-state index contributed by atoms with van der Waals surface area (Å²) in [5.74, 6) is 0.372. The van der Waals surface area contributed by atoms with E-state index < -0.39 is 0 Å². The molecule has 0 bridgehead atoms. The van der Waals surface area contributed by atoms with Gasteiger partial charge in [0.25, 0.3) is 5.91 Å². The lowest BCUT2D eigenvalue weighted by atomic mass is 9.82. The van der Waals surface area contributed by atoms with E-state index in [1.807, 2.05) is 11.6 Å². The predicted octanol–water partition coefficient (Wildman–Crippen LogP) is 1.95. The second-order valence-corrected chi connectivity index (χ2v) is 6.49. The Balaban J connectivity index is 2.62. The molecule has 0 fully saturated rings. The van der Waals surface area contributed by atoms with Crippen LogP contribution in [0.5, 0.6) is 0 Å². The fourth-order valence-corrected chi connectivity index (χ4v) is 1.78. The van der Waals surface area contributed by atoms with Gasteiger partial charge in [-0.1, -0.05) is 27.7 Å². The Kier molecular flexibility index (Phi) is 5.74. The first-order valence-electron chi connectivity index (χ1n) is 7.28. The van der Waals surface area contributed by atoms with Crippen molar-refractivity contribution >= 4 is 5.91 Å². The number of hydrogen-bond donors (Lipinski definition) is 2. The summed E-state index contributed by atoms with van der Waals surface area (Å²) in [4.78, 5) is 12.2. The molecule has 114 valence electrons. The van der Waals surface area contributed by atoms with Crippen molar-refractivity contribution in [1.82, 2.24) is 15.1 Å². The zero-order chi connectivity index (χ0) is 15.3. The Morgan fingerprint density at radius 3 is 2.70 bits per heavy atom. The third-order valence-electron chi connectivity index (χ3n) is 3.97.